The zero-order valence-corrected chi connectivity index (χ0v) is 12.4. The van der Waals surface area contributed by atoms with Crippen molar-refractivity contribution in [2.75, 3.05) is 6.54 Å². The quantitative estimate of drug-likeness (QED) is 0.840. The molecule has 0 N–H and O–H groups in total. The number of carbonyl (C=O) groups excluding carboxylic acids is 1. The van der Waals surface area contributed by atoms with E-state index in [1.54, 1.807) is 0 Å². The van der Waals surface area contributed by atoms with Crippen LogP contribution in [0.15, 0.2) is 12.4 Å². The fraction of sp³-hybridized carbons (Fsp3) is 0.667. The molecular weight excluding hydrogens is 274 g/mol. The third kappa shape index (κ3) is 2.80. The van der Waals surface area contributed by atoms with Crippen LogP contribution in [-0.2, 0) is 0 Å². The summed E-state index contributed by atoms with van der Waals surface area (Å²) in [6.45, 7) is 0.841. The molecule has 0 spiro atoms. The summed E-state index contributed by atoms with van der Waals surface area (Å²) in [6, 6.07) is 0.392. The molecule has 1 saturated heterocycles. The Bertz CT molecular complexity index is 488. The number of rotatable bonds is 2. The lowest BCUT2D eigenvalue weighted by molar-refractivity contribution is 0.0655. The number of nitrogens with zero attached hydrogens (tertiary/aromatic N) is 3. The van der Waals surface area contributed by atoms with Crippen LogP contribution in [0.4, 0.5) is 0 Å². The molecule has 0 aromatic carbocycles. The molecule has 2 aliphatic rings. The van der Waals surface area contributed by atoms with E-state index in [0.29, 0.717) is 17.7 Å². The predicted molar refractivity (Wildman–Crippen MR) is 77.7 cm³/mol. The average molecular weight is 294 g/mol. The van der Waals surface area contributed by atoms with Crippen LogP contribution in [0.1, 0.15) is 55.4 Å². The largest absolute Gasteiger partial charge is 0.334 e. The molecule has 1 saturated carbocycles. The van der Waals surface area contributed by atoms with Gasteiger partial charge in [-0.2, -0.15) is 0 Å². The van der Waals surface area contributed by atoms with Gasteiger partial charge in [0.25, 0.3) is 5.91 Å². The van der Waals surface area contributed by atoms with Gasteiger partial charge < -0.3 is 4.90 Å². The normalized spacial score (nSPS) is 24.1. The maximum atomic E-state index is 12.6. The summed E-state index contributed by atoms with van der Waals surface area (Å²) in [5.41, 5.74) is 0.375. The van der Waals surface area contributed by atoms with Crippen LogP contribution in [0.25, 0.3) is 0 Å². The summed E-state index contributed by atoms with van der Waals surface area (Å²) in [7, 11) is 0. The monoisotopic (exact) mass is 293 g/mol. The van der Waals surface area contributed by atoms with E-state index < -0.39 is 0 Å². The number of aromatic nitrogens is 2. The molecule has 0 bridgehead atoms. The number of likely N-dealkylation sites (tertiary alicyclic amines) is 1. The minimum Gasteiger partial charge on any atom is -0.334 e. The highest BCUT2D eigenvalue weighted by atomic mass is 35.5. The number of halogens is 1. The van der Waals surface area contributed by atoms with Crippen molar-refractivity contribution in [3.05, 3.63) is 23.2 Å². The molecule has 1 atom stereocenters. The van der Waals surface area contributed by atoms with Gasteiger partial charge in [0.15, 0.2) is 0 Å². The van der Waals surface area contributed by atoms with Crippen molar-refractivity contribution in [3.63, 3.8) is 0 Å². The zero-order chi connectivity index (χ0) is 13.9. The summed E-state index contributed by atoms with van der Waals surface area (Å²) in [6.07, 6.45) is 11.7. The van der Waals surface area contributed by atoms with Crippen LogP contribution in [0.2, 0.25) is 5.15 Å². The Morgan fingerprint density at radius 3 is 2.70 bits per heavy atom. The van der Waals surface area contributed by atoms with Gasteiger partial charge in [-0.1, -0.05) is 30.9 Å². The van der Waals surface area contributed by atoms with Gasteiger partial charge in [-0.15, -0.1) is 0 Å². The number of carbonyl (C=O) groups is 1. The zero-order valence-electron chi connectivity index (χ0n) is 11.6. The van der Waals surface area contributed by atoms with Crippen molar-refractivity contribution in [1.29, 1.82) is 0 Å². The van der Waals surface area contributed by atoms with E-state index in [0.717, 1.165) is 19.4 Å². The van der Waals surface area contributed by atoms with Crippen LogP contribution >= 0.6 is 11.6 Å². The summed E-state index contributed by atoms with van der Waals surface area (Å²) in [5.74, 6) is 0.662. The molecule has 2 fully saturated rings. The molecule has 1 aromatic rings. The summed E-state index contributed by atoms with van der Waals surface area (Å²) < 4.78 is 0. The van der Waals surface area contributed by atoms with Gasteiger partial charge in [0.2, 0.25) is 0 Å². The molecule has 108 valence electrons. The lowest BCUT2D eigenvalue weighted by Crippen LogP contribution is -2.41. The lowest BCUT2D eigenvalue weighted by atomic mass is 9.83. The van der Waals surface area contributed by atoms with Gasteiger partial charge in [-0.05, 0) is 31.6 Å². The average Bonchev–Trinajstić information content (AvgIpc) is 2.97. The van der Waals surface area contributed by atoms with E-state index in [4.69, 9.17) is 11.6 Å². The SMILES string of the molecule is O=C(c1cncc(Cl)n1)N1CCCC1C1CCCCC1. The Morgan fingerprint density at radius 1 is 1.15 bits per heavy atom. The van der Waals surface area contributed by atoms with Gasteiger partial charge in [-0.3, -0.25) is 9.78 Å². The number of amides is 1. The Labute approximate surface area is 124 Å². The van der Waals surface area contributed by atoms with Crippen molar-refractivity contribution in [3.8, 4) is 0 Å². The van der Waals surface area contributed by atoms with Gasteiger partial charge in [0.1, 0.15) is 10.8 Å². The second-order valence-corrected chi connectivity index (χ2v) is 6.22. The minimum atomic E-state index is -0.00641. The molecule has 5 heteroatoms. The second kappa shape index (κ2) is 6.08. The Kier molecular flexibility index (Phi) is 4.20. The standard InChI is InChI=1S/C15H20ClN3O/c16-14-10-17-9-12(18-14)15(20)19-8-4-7-13(19)11-5-2-1-3-6-11/h9-11,13H,1-8H2. The Balaban J connectivity index is 1.76. The number of hydrogen-bond donors (Lipinski definition) is 0. The topological polar surface area (TPSA) is 46.1 Å². The van der Waals surface area contributed by atoms with E-state index in [-0.39, 0.29) is 11.1 Å². The summed E-state index contributed by atoms with van der Waals surface area (Å²) >= 11 is 5.84. The highest BCUT2D eigenvalue weighted by molar-refractivity contribution is 6.29. The lowest BCUT2D eigenvalue weighted by Gasteiger charge is -2.33. The summed E-state index contributed by atoms with van der Waals surface area (Å²) in [5, 5.41) is 0.282. The van der Waals surface area contributed by atoms with Crippen LogP contribution < -0.4 is 0 Å². The van der Waals surface area contributed by atoms with Crippen molar-refractivity contribution >= 4 is 17.5 Å². The third-order valence-corrected chi connectivity index (χ3v) is 4.76. The van der Waals surface area contributed by atoms with Gasteiger partial charge in [-0.25, -0.2) is 4.98 Å². The van der Waals surface area contributed by atoms with Crippen molar-refractivity contribution in [1.82, 2.24) is 14.9 Å². The van der Waals surface area contributed by atoms with Gasteiger partial charge in [0, 0.05) is 12.6 Å². The van der Waals surface area contributed by atoms with Crippen LogP contribution in [-0.4, -0.2) is 33.4 Å². The van der Waals surface area contributed by atoms with E-state index in [2.05, 4.69) is 9.97 Å². The molecular formula is C15H20ClN3O. The maximum absolute atomic E-state index is 12.6. The minimum absolute atomic E-state index is 0.00641. The predicted octanol–water partition coefficient (Wildman–Crippen LogP) is 3.31. The van der Waals surface area contributed by atoms with Crippen molar-refractivity contribution in [2.24, 2.45) is 5.92 Å². The van der Waals surface area contributed by atoms with Crippen LogP contribution in [0.5, 0.6) is 0 Å². The first kappa shape index (κ1) is 13.8. The molecule has 1 amide bonds. The second-order valence-electron chi connectivity index (χ2n) is 5.83. The molecule has 20 heavy (non-hydrogen) atoms. The van der Waals surface area contributed by atoms with Crippen molar-refractivity contribution in [2.45, 2.75) is 51.0 Å². The molecule has 4 nitrogen and oxygen atoms in total. The molecule has 1 unspecified atom stereocenters. The first-order chi connectivity index (χ1) is 9.75. The molecule has 0 radical (unpaired) electrons. The van der Waals surface area contributed by atoms with E-state index >= 15 is 0 Å². The fourth-order valence-corrected chi connectivity index (χ4v) is 3.79. The first-order valence-corrected chi connectivity index (χ1v) is 7.92. The van der Waals surface area contributed by atoms with Crippen molar-refractivity contribution < 1.29 is 4.79 Å². The maximum Gasteiger partial charge on any atom is 0.274 e. The fourth-order valence-electron chi connectivity index (χ4n) is 3.65. The molecule has 1 aromatic heterocycles. The molecule has 1 aliphatic carbocycles. The first-order valence-electron chi connectivity index (χ1n) is 7.54. The summed E-state index contributed by atoms with van der Waals surface area (Å²) in [4.78, 5) is 22.7. The van der Waals surface area contributed by atoms with E-state index in [1.807, 2.05) is 4.90 Å². The van der Waals surface area contributed by atoms with Gasteiger partial charge >= 0.3 is 0 Å². The Morgan fingerprint density at radius 2 is 1.95 bits per heavy atom. The number of hydrogen-bond acceptors (Lipinski definition) is 3. The van der Waals surface area contributed by atoms with E-state index in [9.17, 15) is 4.79 Å². The van der Waals surface area contributed by atoms with E-state index in [1.165, 1.54) is 44.5 Å². The molecule has 3 rings (SSSR count). The molecule has 1 aliphatic heterocycles. The highest BCUT2D eigenvalue weighted by Gasteiger charge is 2.35. The van der Waals surface area contributed by atoms with Gasteiger partial charge in [0.05, 0.1) is 12.4 Å². The molecule has 2 heterocycles. The Hall–Kier alpha value is -1.16. The highest BCUT2D eigenvalue weighted by Crippen LogP contribution is 2.34. The smallest absolute Gasteiger partial charge is 0.274 e. The third-order valence-electron chi connectivity index (χ3n) is 4.58. The van der Waals surface area contributed by atoms with Crippen LogP contribution in [0.3, 0.4) is 0 Å². The van der Waals surface area contributed by atoms with Crippen LogP contribution in [0, 0.1) is 5.92 Å².